The third kappa shape index (κ3) is 1.78. The van der Waals surface area contributed by atoms with E-state index in [0.29, 0.717) is 0 Å². The summed E-state index contributed by atoms with van der Waals surface area (Å²) in [6, 6.07) is 0. The Morgan fingerprint density at radius 2 is 2.29 bits per heavy atom. The summed E-state index contributed by atoms with van der Waals surface area (Å²) in [7, 11) is 1.97. The van der Waals surface area contributed by atoms with Gasteiger partial charge in [0.2, 0.25) is 0 Å². The number of aryl methyl sites for hydroxylation is 1. The van der Waals surface area contributed by atoms with Crippen molar-refractivity contribution in [2.45, 2.75) is 26.0 Å². The molecule has 0 saturated carbocycles. The van der Waals surface area contributed by atoms with Crippen molar-refractivity contribution >= 4 is 0 Å². The second-order valence-corrected chi connectivity index (χ2v) is 3.90. The Bertz CT molecular complexity index is 323. The van der Waals surface area contributed by atoms with Crippen LogP contribution in [-0.2, 0) is 13.6 Å². The fourth-order valence-electron chi connectivity index (χ4n) is 1.74. The van der Waals surface area contributed by atoms with E-state index in [4.69, 9.17) is 0 Å². The predicted octanol–water partition coefficient (Wildman–Crippen LogP) is -0.310. The number of aliphatic hydroxyl groups excluding tert-OH is 1. The molecule has 5 heteroatoms. The van der Waals surface area contributed by atoms with Crippen molar-refractivity contribution in [2.75, 3.05) is 13.1 Å². The van der Waals surface area contributed by atoms with Gasteiger partial charge in [0.1, 0.15) is 11.6 Å². The van der Waals surface area contributed by atoms with E-state index in [9.17, 15) is 5.11 Å². The van der Waals surface area contributed by atoms with Crippen molar-refractivity contribution in [3.8, 4) is 0 Å². The summed E-state index contributed by atoms with van der Waals surface area (Å²) in [5, 5.41) is 17.5. The Balaban J connectivity index is 2.01. The van der Waals surface area contributed by atoms with Crippen LogP contribution in [0, 0.1) is 6.92 Å². The van der Waals surface area contributed by atoms with Gasteiger partial charge in [0.25, 0.3) is 0 Å². The summed E-state index contributed by atoms with van der Waals surface area (Å²) in [6.45, 7) is 4.43. The maximum absolute atomic E-state index is 9.37. The van der Waals surface area contributed by atoms with Gasteiger partial charge >= 0.3 is 0 Å². The molecule has 14 heavy (non-hydrogen) atoms. The molecule has 1 fully saturated rings. The predicted molar refractivity (Wildman–Crippen MR) is 51.6 cm³/mol. The molecule has 0 aliphatic carbocycles. The molecule has 1 aromatic rings. The van der Waals surface area contributed by atoms with Gasteiger partial charge in [-0.3, -0.25) is 4.90 Å². The zero-order valence-corrected chi connectivity index (χ0v) is 8.64. The number of aromatic nitrogens is 3. The highest BCUT2D eigenvalue weighted by Gasteiger charge is 2.21. The molecule has 1 saturated heterocycles. The molecule has 1 aliphatic rings. The molecular formula is C9H16N4O. The first kappa shape index (κ1) is 9.61. The first-order valence-corrected chi connectivity index (χ1v) is 4.92. The van der Waals surface area contributed by atoms with Crippen molar-refractivity contribution in [1.82, 2.24) is 19.7 Å². The van der Waals surface area contributed by atoms with Gasteiger partial charge in [-0.25, -0.2) is 0 Å². The first-order valence-electron chi connectivity index (χ1n) is 4.92. The van der Waals surface area contributed by atoms with Gasteiger partial charge in [-0.1, -0.05) is 0 Å². The zero-order valence-electron chi connectivity index (χ0n) is 8.64. The maximum atomic E-state index is 9.37. The average Bonchev–Trinajstić information content (AvgIpc) is 2.67. The summed E-state index contributed by atoms with van der Waals surface area (Å²) < 4.78 is 1.99. The van der Waals surface area contributed by atoms with Crippen LogP contribution >= 0.6 is 0 Å². The number of hydrogen-bond acceptors (Lipinski definition) is 4. The third-order valence-corrected chi connectivity index (χ3v) is 2.80. The quantitative estimate of drug-likeness (QED) is 0.705. The maximum Gasteiger partial charge on any atom is 0.146 e. The molecule has 0 aromatic carbocycles. The first-order chi connectivity index (χ1) is 6.66. The van der Waals surface area contributed by atoms with Crippen molar-refractivity contribution < 1.29 is 5.11 Å². The van der Waals surface area contributed by atoms with E-state index in [2.05, 4.69) is 15.1 Å². The third-order valence-electron chi connectivity index (χ3n) is 2.80. The van der Waals surface area contributed by atoms with Crippen LogP contribution in [0.15, 0.2) is 0 Å². The van der Waals surface area contributed by atoms with Gasteiger partial charge in [0, 0.05) is 20.1 Å². The van der Waals surface area contributed by atoms with Crippen molar-refractivity contribution in [3.63, 3.8) is 0 Å². The number of β-amino-alcohol motifs (C(OH)–C–C–N with tert-alkyl or cyclic N) is 1. The molecule has 1 unspecified atom stereocenters. The van der Waals surface area contributed by atoms with Crippen LogP contribution < -0.4 is 0 Å². The number of nitrogens with zero attached hydrogens (tertiary/aromatic N) is 4. The molecule has 5 nitrogen and oxygen atoms in total. The van der Waals surface area contributed by atoms with Crippen molar-refractivity contribution in [2.24, 2.45) is 7.05 Å². The van der Waals surface area contributed by atoms with Gasteiger partial charge < -0.3 is 9.67 Å². The lowest BCUT2D eigenvalue weighted by atomic mass is 10.3. The van der Waals surface area contributed by atoms with Crippen LogP contribution in [0.2, 0.25) is 0 Å². The van der Waals surface area contributed by atoms with E-state index in [0.717, 1.165) is 37.7 Å². The molecule has 1 aliphatic heterocycles. The lowest BCUT2D eigenvalue weighted by Gasteiger charge is -2.13. The minimum Gasteiger partial charge on any atom is -0.392 e. The normalized spacial score (nSPS) is 23.2. The summed E-state index contributed by atoms with van der Waals surface area (Å²) in [4.78, 5) is 2.20. The van der Waals surface area contributed by atoms with Gasteiger partial charge in [-0.2, -0.15) is 0 Å². The van der Waals surface area contributed by atoms with E-state index in [1.165, 1.54) is 0 Å². The van der Waals surface area contributed by atoms with Crippen LogP contribution in [0.25, 0.3) is 0 Å². The zero-order chi connectivity index (χ0) is 10.1. The Labute approximate surface area is 83.4 Å². The van der Waals surface area contributed by atoms with E-state index < -0.39 is 0 Å². The second-order valence-electron chi connectivity index (χ2n) is 3.90. The van der Waals surface area contributed by atoms with Crippen LogP contribution in [0.5, 0.6) is 0 Å². The number of aliphatic hydroxyl groups is 1. The number of rotatable bonds is 2. The molecule has 1 N–H and O–H groups in total. The van der Waals surface area contributed by atoms with E-state index in [-0.39, 0.29) is 6.10 Å². The van der Waals surface area contributed by atoms with Gasteiger partial charge in [0.15, 0.2) is 0 Å². The minimum absolute atomic E-state index is 0.163. The average molecular weight is 196 g/mol. The SMILES string of the molecule is Cc1nnc(CN2CCC(O)C2)n1C. The highest BCUT2D eigenvalue weighted by molar-refractivity contribution is 4.93. The minimum atomic E-state index is -0.163. The smallest absolute Gasteiger partial charge is 0.146 e. The fraction of sp³-hybridized carbons (Fsp3) is 0.778. The molecule has 1 atom stereocenters. The van der Waals surface area contributed by atoms with Gasteiger partial charge in [0.05, 0.1) is 12.6 Å². The molecule has 78 valence electrons. The van der Waals surface area contributed by atoms with E-state index in [1.807, 2.05) is 18.5 Å². The Kier molecular flexibility index (Phi) is 2.52. The molecule has 2 rings (SSSR count). The summed E-state index contributed by atoms with van der Waals surface area (Å²) >= 11 is 0. The Morgan fingerprint density at radius 3 is 2.79 bits per heavy atom. The Morgan fingerprint density at radius 1 is 1.50 bits per heavy atom. The summed E-state index contributed by atoms with van der Waals surface area (Å²) in [6.07, 6.45) is 0.709. The topological polar surface area (TPSA) is 54.2 Å². The fourth-order valence-corrected chi connectivity index (χ4v) is 1.74. The monoisotopic (exact) mass is 196 g/mol. The van der Waals surface area contributed by atoms with Crippen molar-refractivity contribution in [1.29, 1.82) is 0 Å². The van der Waals surface area contributed by atoms with Gasteiger partial charge in [-0.15, -0.1) is 10.2 Å². The summed E-state index contributed by atoms with van der Waals surface area (Å²) in [5.74, 6) is 1.90. The highest BCUT2D eigenvalue weighted by atomic mass is 16.3. The highest BCUT2D eigenvalue weighted by Crippen LogP contribution is 2.11. The summed E-state index contributed by atoms with van der Waals surface area (Å²) in [5.41, 5.74) is 0. The molecule has 0 radical (unpaired) electrons. The van der Waals surface area contributed by atoms with E-state index in [1.54, 1.807) is 0 Å². The van der Waals surface area contributed by atoms with Crippen LogP contribution in [0.4, 0.5) is 0 Å². The van der Waals surface area contributed by atoms with Crippen LogP contribution in [-0.4, -0.2) is 44.0 Å². The molecule has 0 spiro atoms. The molecule has 0 bridgehead atoms. The molecule has 2 heterocycles. The lowest BCUT2D eigenvalue weighted by molar-refractivity contribution is 0.173. The number of likely N-dealkylation sites (tertiary alicyclic amines) is 1. The molecular weight excluding hydrogens is 180 g/mol. The number of hydrogen-bond donors (Lipinski definition) is 1. The molecule has 0 amide bonds. The second kappa shape index (κ2) is 3.67. The lowest BCUT2D eigenvalue weighted by Crippen LogP contribution is -2.23. The van der Waals surface area contributed by atoms with Crippen LogP contribution in [0.1, 0.15) is 18.1 Å². The van der Waals surface area contributed by atoms with E-state index >= 15 is 0 Å². The Hall–Kier alpha value is -0.940. The van der Waals surface area contributed by atoms with Crippen LogP contribution in [0.3, 0.4) is 0 Å². The molecule has 1 aromatic heterocycles. The van der Waals surface area contributed by atoms with Gasteiger partial charge in [-0.05, 0) is 13.3 Å². The largest absolute Gasteiger partial charge is 0.392 e. The standard InChI is InChI=1S/C9H16N4O/c1-7-10-11-9(12(7)2)6-13-4-3-8(14)5-13/h8,14H,3-6H2,1-2H3. The van der Waals surface area contributed by atoms with Crippen molar-refractivity contribution in [3.05, 3.63) is 11.6 Å².